The van der Waals surface area contributed by atoms with E-state index in [1.165, 1.54) is 25.3 Å². The highest BCUT2D eigenvalue weighted by molar-refractivity contribution is 6.16. The van der Waals surface area contributed by atoms with Crippen molar-refractivity contribution in [1.29, 1.82) is 0 Å². The normalized spacial score (nSPS) is 13.8. The lowest BCUT2D eigenvalue weighted by atomic mass is 10.1. The minimum Gasteiger partial charge on any atom is -0.493 e. The Morgan fingerprint density at radius 1 is 1.03 bits per heavy atom. The molecular weight excluding hydrogens is 490 g/mol. The second kappa shape index (κ2) is 11.3. The summed E-state index contributed by atoms with van der Waals surface area (Å²) >= 11 is 0. The fraction of sp³-hybridized carbons (Fsp3) is 0.143. The first-order chi connectivity index (χ1) is 18.2. The molecule has 0 radical (unpaired) electrons. The van der Waals surface area contributed by atoms with Crippen LogP contribution in [0, 0.1) is 6.92 Å². The van der Waals surface area contributed by atoms with Gasteiger partial charge in [0.25, 0.3) is 5.91 Å². The highest BCUT2D eigenvalue weighted by atomic mass is 16.5. The number of benzene rings is 3. The van der Waals surface area contributed by atoms with E-state index in [1.54, 1.807) is 48.5 Å². The number of aromatic carboxylic acids is 1. The number of nitrogens with one attached hydrogen (secondary N) is 2. The number of hydrogen-bond acceptors (Lipinski definition) is 6. The van der Waals surface area contributed by atoms with Crippen LogP contribution in [-0.4, -0.2) is 47.5 Å². The summed E-state index contributed by atoms with van der Waals surface area (Å²) < 4.78 is 11.2. The third kappa shape index (κ3) is 6.16. The third-order valence-electron chi connectivity index (χ3n) is 5.66. The van der Waals surface area contributed by atoms with E-state index in [0.717, 1.165) is 16.0 Å². The summed E-state index contributed by atoms with van der Waals surface area (Å²) in [4.78, 5) is 49.4. The zero-order valence-electron chi connectivity index (χ0n) is 20.7. The maximum absolute atomic E-state index is 12.8. The summed E-state index contributed by atoms with van der Waals surface area (Å²) in [7, 11) is 1.47. The van der Waals surface area contributed by atoms with E-state index in [1.807, 2.05) is 13.0 Å². The Kier molecular flexibility index (Phi) is 7.72. The number of hydrogen-bond donors (Lipinski definition) is 3. The van der Waals surface area contributed by atoms with Crippen LogP contribution in [0.3, 0.4) is 0 Å². The number of ether oxygens (including phenoxy) is 2. The lowest BCUT2D eigenvalue weighted by molar-refractivity contribution is -0.127. The van der Waals surface area contributed by atoms with E-state index >= 15 is 0 Å². The molecule has 4 amide bonds. The van der Waals surface area contributed by atoms with Crippen molar-refractivity contribution in [3.63, 3.8) is 0 Å². The number of aryl methyl sites for hydroxylation is 1. The van der Waals surface area contributed by atoms with Crippen molar-refractivity contribution in [1.82, 2.24) is 10.2 Å². The van der Waals surface area contributed by atoms with Crippen LogP contribution >= 0.6 is 0 Å². The summed E-state index contributed by atoms with van der Waals surface area (Å²) in [5.74, 6) is -1.30. The topological polar surface area (TPSA) is 134 Å². The lowest BCUT2D eigenvalue weighted by Crippen LogP contribution is -2.38. The van der Waals surface area contributed by atoms with Gasteiger partial charge in [-0.15, -0.1) is 0 Å². The van der Waals surface area contributed by atoms with E-state index in [0.29, 0.717) is 22.7 Å². The van der Waals surface area contributed by atoms with Gasteiger partial charge in [-0.1, -0.05) is 30.3 Å². The van der Waals surface area contributed by atoms with Gasteiger partial charge >= 0.3 is 12.0 Å². The molecule has 4 rings (SSSR count). The maximum Gasteiger partial charge on any atom is 0.335 e. The predicted molar refractivity (Wildman–Crippen MR) is 139 cm³/mol. The van der Waals surface area contributed by atoms with Crippen molar-refractivity contribution in [2.75, 3.05) is 19.0 Å². The number of carbonyl (C=O) groups excluding carboxylic acids is 3. The minimum absolute atomic E-state index is 0.0209. The first-order valence-electron chi connectivity index (χ1n) is 11.6. The molecule has 0 aliphatic carbocycles. The van der Waals surface area contributed by atoms with Crippen LogP contribution in [0.1, 0.15) is 27.0 Å². The summed E-state index contributed by atoms with van der Waals surface area (Å²) in [5, 5.41) is 14.2. The average Bonchev–Trinajstić information content (AvgIpc) is 3.15. The largest absolute Gasteiger partial charge is 0.493 e. The first kappa shape index (κ1) is 26.0. The molecular formula is C28H25N3O7. The number of urea groups is 1. The zero-order chi connectivity index (χ0) is 27.2. The fourth-order valence-electron chi connectivity index (χ4n) is 3.75. The molecule has 3 N–H and O–H groups in total. The summed E-state index contributed by atoms with van der Waals surface area (Å²) in [6.45, 7) is 1.64. The fourth-order valence-corrected chi connectivity index (χ4v) is 3.75. The minimum atomic E-state index is -1.01. The van der Waals surface area contributed by atoms with Gasteiger partial charge < -0.3 is 25.2 Å². The van der Waals surface area contributed by atoms with Crippen molar-refractivity contribution in [2.24, 2.45) is 0 Å². The van der Waals surface area contributed by atoms with Crippen molar-refractivity contribution in [3.05, 3.63) is 94.7 Å². The molecule has 10 heteroatoms. The molecule has 0 saturated carbocycles. The highest BCUT2D eigenvalue weighted by Crippen LogP contribution is 2.30. The molecule has 0 aromatic heterocycles. The Morgan fingerprint density at radius 2 is 1.79 bits per heavy atom. The molecule has 194 valence electrons. The van der Waals surface area contributed by atoms with Crippen molar-refractivity contribution >= 4 is 35.6 Å². The van der Waals surface area contributed by atoms with Gasteiger partial charge in [0.1, 0.15) is 18.8 Å². The van der Waals surface area contributed by atoms with Crippen LogP contribution in [0.4, 0.5) is 10.5 Å². The van der Waals surface area contributed by atoms with Crippen molar-refractivity contribution < 1.29 is 33.8 Å². The molecule has 38 heavy (non-hydrogen) atoms. The van der Waals surface area contributed by atoms with Crippen molar-refractivity contribution in [3.8, 4) is 11.5 Å². The van der Waals surface area contributed by atoms with Crippen molar-refractivity contribution in [2.45, 2.75) is 13.5 Å². The number of carbonyl (C=O) groups is 4. The molecule has 1 fully saturated rings. The number of imide groups is 1. The Balaban J connectivity index is 1.41. The average molecular weight is 516 g/mol. The zero-order valence-corrected chi connectivity index (χ0v) is 20.7. The second-order valence-corrected chi connectivity index (χ2v) is 8.50. The maximum atomic E-state index is 12.8. The number of carboxylic acids is 1. The quantitative estimate of drug-likeness (QED) is 0.291. The molecule has 0 spiro atoms. The highest BCUT2D eigenvalue weighted by Gasteiger charge is 2.35. The van der Waals surface area contributed by atoms with Gasteiger partial charge in [0.2, 0.25) is 5.91 Å². The monoisotopic (exact) mass is 515 g/mol. The molecule has 1 aliphatic heterocycles. The van der Waals surface area contributed by atoms with Crippen LogP contribution in [-0.2, 0) is 16.2 Å². The van der Waals surface area contributed by atoms with E-state index in [-0.39, 0.29) is 17.9 Å². The van der Waals surface area contributed by atoms with Gasteiger partial charge in [0, 0.05) is 5.69 Å². The summed E-state index contributed by atoms with van der Waals surface area (Å²) in [6, 6.07) is 17.8. The number of carboxylic acid groups (broad SMARTS) is 1. The number of anilines is 1. The SMILES string of the molecule is COc1cc(/C=C2\NC(=O)N(CC(=O)Nc3cccc(C)c3)C2=O)ccc1OCc1ccc(C(=O)O)cc1. The summed E-state index contributed by atoms with van der Waals surface area (Å²) in [5.41, 5.74) is 3.08. The molecule has 1 saturated heterocycles. The summed E-state index contributed by atoms with van der Waals surface area (Å²) in [6.07, 6.45) is 1.48. The Labute approximate surface area is 218 Å². The van der Waals surface area contributed by atoms with E-state index in [9.17, 15) is 19.2 Å². The standard InChI is InChI=1S/C28H25N3O7/c1-17-4-3-5-21(12-17)29-25(32)15-31-26(33)22(30-28(31)36)13-19-8-11-23(24(14-19)37-2)38-16-18-6-9-20(10-7-18)27(34)35/h3-14H,15-16H2,1-2H3,(H,29,32)(H,30,36)(H,34,35)/b22-13-. The first-order valence-corrected chi connectivity index (χ1v) is 11.6. The van der Waals surface area contributed by atoms with Crippen LogP contribution in [0.5, 0.6) is 11.5 Å². The van der Waals surface area contributed by atoms with Gasteiger partial charge in [-0.05, 0) is 66.1 Å². The molecule has 0 atom stereocenters. The van der Waals surface area contributed by atoms with Gasteiger partial charge in [0.15, 0.2) is 11.5 Å². The van der Waals surface area contributed by atoms with Crippen LogP contribution in [0.2, 0.25) is 0 Å². The molecule has 10 nitrogen and oxygen atoms in total. The molecule has 3 aromatic carbocycles. The van der Waals surface area contributed by atoms with E-state index in [4.69, 9.17) is 14.6 Å². The third-order valence-corrected chi connectivity index (χ3v) is 5.66. The Hall–Kier alpha value is -5.12. The number of methoxy groups -OCH3 is 1. The Morgan fingerprint density at radius 3 is 2.47 bits per heavy atom. The predicted octanol–water partition coefficient (Wildman–Crippen LogP) is 3.81. The molecule has 0 bridgehead atoms. The molecule has 1 heterocycles. The van der Waals surface area contributed by atoms with Gasteiger partial charge in [0.05, 0.1) is 12.7 Å². The molecule has 3 aromatic rings. The number of amides is 4. The van der Waals surface area contributed by atoms with E-state index in [2.05, 4.69) is 10.6 Å². The van der Waals surface area contributed by atoms with Crippen LogP contribution < -0.4 is 20.1 Å². The second-order valence-electron chi connectivity index (χ2n) is 8.50. The number of rotatable bonds is 9. The van der Waals surface area contributed by atoms with Gasteiger partial charge in [-0.3, -0.25) is 9.59 Å². The molecule has 0 unspecified atom stereocenters. The van der Waals surface area contributed by atoms with Gasteiger partial charge in [-0.2, -0.15) is 0 Å². The Bertz CT molecular complexity index is 1430. The van der Waals surface area contributed by atoms with Crippen LogP contribution in [0.25, 0.3) is 6.08 Å². The van der Waals surface area contributed by atoms with Gasteiger partial charge in [-0.25, -0.2) is 14.5 Å². The van der Waals surface area contributed by atoms with E-state index < -0.39 is 30.4 Å². The number of nitrogens with zero attached hydrogens (tertiary/aromatic N) is 1. The lowest BCUT2D eigenvalue weighted by Gasteiger charge is -2.12. The van der Waals surface area contributed by atoms with Crippen LogP contribution in [0.15, 0.2) is 72.4 Å². The molecule has 1 aliphatic rings. The smallest absolute Gasteiger partial charge is 0.335 e.